The summed E-state index contributed by atoms with van der Waals surface area (Å²) in [6.07, 6.45) is 0.131. The molecular formula is C23H30N2O6S2. The van der Waals surface area contributed by atoms with Gasteiger partial charge in [0.15, 0.2) is 0 Å². The van der Waals surface area contributed by atoms with Crippen molar-refractivity contribution in [2.24, 2.45) is 0 Å². The van der Waals surface area contributed by atoms with Crippen molar-refractivity contribution >= 4 is 33.4 Å². The third kappa shape index (κ3) is 7.10. The van der Waals surface area contributed by atoms with Crippen LogP contribution in [0.4, 0.5) is 5.69 Å². The van der Waals surface area contributed by atoms with E-state index >= 15 is 0 Å². The van der Waals surface area contributed by atoms with Gasteiger partial charge in [0.2, 0.25) is 15.9 Å². The summed E-state index contributed by atoms with van der Waals surface area (Å²) in [7, 11) is -2.08. The molecule has 0 atom stereocenters. The molecule has 1 fully saturated rings. The number of nitrogens with one attached hydrogen (secondary N) is 1. The molecule has 1 aliphatic rings. The molecule has 0 aliphatic carbocycles. The summed E-state index contributed by atoms with van der Waals surface area (Å²) in [4.78, 5) is 13.8. The Kier molecular flexibility index (Phi) is 9.02. The summed E-state index contributed by atoms with van der Waals surface area (Å²) < 4.78 is 43.7. The lowest BCUT2D eigenvalue weighted by Gasteiger charge is -2.26. The topological polar surface area (TPSA) is 94.2 Å². The van der Waals surface area contributed by atoms with Crippen LogP contribution in [0.1, 0.15) is 20.3 Å². The van der Waals surface area contributed by atoms with Gasteiger partial charge in [-0.3, -0.25) is 4.79 Å². The Hall–Kier alpha value is -2.27. The minimum absolute atomic E-state index is 0.114. The minimum Gasteiger partial charge on any atom is -0.497 e. The number of carbonyl (C=O) groups is 1. The largest absolute Gasteiger partial charge is 0.497 e. The molecule has 0 aromatic heterocycles. The van der Waals surface area contributed by atoms with Gasteiger partial charge in [-0.2, -0.15) is 4.31 Å². The summed E-state index contributed by atoms with van der Waals surface area (Å²) in [5.41, 5.74) is 0.345. The van der Waals surface area contributed by atoms with Crippen molar-refractivity contribution in [3.63, 3.8) is 0 Å². The number of methoxy groups -OCH3 is 1. The van der Waals surface area contributed by atoms with E-state index in [4.69, 9.17) is 14.2 Å². The third-order valence-corrected chi connectivity index (χ3v) is 7.76. The minimum atomic E-state index is -3.69. The van der Waals surface area contributed by atoms with Crippen LogP contribution in [-0.2, 0) is 19.6 Å². The molecule has 33 heavy (non-hydrogen) atoms. The molecule has 2 aromatic carbocycles. The van der Waals surface area contributed by atoms with E-state index in [1.54, 1.807) is 24.9 Å². The molecule has 1 amide bonds. The molecule has 10 heteroatoms. The van der Waals surface area contributed by atoms with E-state index in [2.05, 4.69) is 5.32 Å². The molecule has 2 aromatic rings. The number of anilines is 1. The third-order valence-electron chi connectivity index (χ3n) is 4.85. The Labute approximate surface area is 199 Å². The fraction of sp³-hybridized carbons (Fsp3) is 0.435. The number of nitrogens with zero attached hydrogens (tertiary/aromatic N) is 1. The highest BCUT2D eigenvalue weighted by molar-refractivity contribution is 7.99. The fourth-order valence-corrected chi connectivity index (χ4v) is 5.49. The zero-order valence-electron chi connectivity index (χ0n) is 19.1. The van der Waals surface area contributed by atoms with Crippen molar-refractivity contribution in [2.45, 2.75) is 36.2 Å². The van der Waals surface area contributed by atoms with Crippen molar-refractivity contribution in [3.05, 3.63) is 42.5 Å². The lowest BCUT2D eigenvalue weighted by atomic mass is 10.2. The second-order valence-electron chi connectivity index (χ2n) is 7.66. The van der Waals surface area contributed by atoms with Crippen LogP contribution >= 0.6 is 11.8 Å². The zero-order valence-corrected chi connectivity index (χ0v) is 20.7. The number of amides is 1. The van der Waals surface area contributed by atoms with E-state index in [0.717, 1.165) is 10.6 Å². The van der Waals surface area contributed by atoms with Crippen molar-refractivity contribution in [2.75, 3.05) is 44.5 Å². The van der Waals surface area contributed by atoms with Gasteiger partial charge < -0.3 is 19.5 Å². The molecule has 0 spiro atoms. The zero-order chi connectivity index (χ0) is 23.8. The number of hydrogen-bond acceptors (Lipinski definition) is 7. The lowest BCUT2D eigenvalue weighted by Crippen LogP contribution is -2.40. The first-order valence-electron chi connectivity index (χ1n) is 10.7. The normalized spacial score (nSPS) is 14.8. The molecular weight excluding hydrogens is 464 g/mol. The number of ether oxygens (including phenoxy) is 3. The molecule has 0 saturated carbocycles. The molecule has 8 nitrogen and oxygen atoms in total. The summed E-state index contributed by atoms with van der Waals surface area (Å²) in [5, 5.41) is 2.83. The van der Waals surface area contributed by atoms with E-state index in [0.29, 0.717) is 43.5 Å². The molecule has 1 aliphatic heterocycles. The first-order valence-corrected chi connectivity index (χ1v) is 13.2. The van der Waals surface area contributed by atoms with Crippen molar-refractivity contribution < 1.29 is 27.4 Å². The maximum atomic E-state index is 13.0. The van der Waals surface area contributed by atoms with Crippen LogP contribution in [0.15, 0.2) is 52.3 Å². The Morgan fingerprint density at radius 3 is 2.48 bits per heavy atom. The molecule has 0 bridgehead atoms. The maximum absolute atomic E-state index is 13.0. The van der Waals surface area contributed by atoms with Gasteiger partial charge in [0.1, 0.15) is 11.5 Å². The van der Waals surface area contributed by atoms with Gasteiger partial charge in [-0.1, -0.05) is 0 Å². The Bertz CT molecular complexity index is 1040. The predicted octanol–water partition coefficient (Wildman–Crippen LogP) is 3.62. The van der Waals surface area contributed by atoms with Gasteiger partial charge in [0.05, 0.1) is 37.0 Å². The second kappa shape index (κ2) is 11.7. The smallest absolute Gasteiger partial charge is 0.243 e. The van der Waals surface area contributed by atoms with Crippen LogP contribution in [0.2, 0.25) is 0 Å². The summed E-state index contributed by atoms with van der Waals surface area (Å²) in [6, 6.07) is 12.2. The average molecular weight is 495 g/mol. The first kappa shape index (κ1) is 25.4. The van der Waals surface area contributed by atoms with Gasteiger partial charge >= 0.3 is 0 Å². The van der Waals surface area contributed by atoms with E-state index in [-0.39, 0.29) is 23.3 Å². The molecule has 0 radical (unpaired) electrons. The second-order valence-corrected chi connectivity index (χ2v) is 10.8. The Morgan fingerprint density at radius 1 is 1.15 bits per heavy atom. The van der Waals surface area contributed by atoms with Gasteiger partial charge in [0.25, 0.3) is 0 Å². The Balaban J connectivity index is 1.69. The van der Waals surface area contributed by atoms with Crippen molar-refractivity contribution in [3.8, 4) is 11.5 Å². The lowest BCUT2D eigenvalue weighted by molar-refractivity contribution is -0.115. The number of benzene rings is 2. The van der Waals surface area contributed by atoms with Crippen LogP contribution in [-0.4, -0.2) is 63.9 Å². The highest BCUT2D eigenvalue weighted by Gasteiger charge is 2.27. The number of carbonyl (C=O) groups excluding carboxylic acids is 1. The number of hydrogen-bond donors (Lipinski definition) is 1. The SMILES string of the molecule is COc1ccc(SCCC(=O)Nc2cc(S(=O)(=O)N3CCOCC3)ccc2OC(C)C)cc1. The molecule has 1 N–H and O–H groups in total. The standard InChI is InChI=1S/C23H30N2O6S2/c1-17(2)31-22-9-8-20(33(27,28)25-11-13-30-14-12-25)16-21(22)24-23(26)10-15-32-19-6-4-18(29-3)5-7-19/h4-9,16-17H,10-15H2,1-3H3,(H,24,26). The molecule has 0 unspecified atom stereocenters. The monoisotopic (exact) mass is 494 g/mol. The fourth-order valence-electron chi connectivity index (χ4n) is 3.21. The number of rotatable bonds is 10. The summed E-state index contributed by atoms with van der Waals surface area (Å²) in [5.74, 6) is 1.57. The highest BCUT2D eigenvalue weighted by atomic mass is 32.2. The summed E-state index contributed by atoms with van der Waals surface area (Å²) >= 11 is 1.56. The highest BCUT2D eigenvalue weighted by Crippen LogP contribution is 2.31. The summed E-state index contributed by atoms with van der Waals surface area (Å²) in [6.45, 7) is 5.07. The quantitative estimate of drug-likeness (QED) is 0.504. The van der Waals surface area contributed by atoms with Crippen LogP contribution in [0.3, 0.4) is 0 Å². The van der Waals surface area contributed by atoms with E-state index < -0.39 is 10.0 Å². The first-order chi connectivity index (χ1) is 15.8. The van der Waals surface area contributed by atoms with E-state index in [9.17, 15) is 13.2 Å². The number of morpholine rings is 1. The van der Waals surface area contributed by atoms with Gasteiger partial charge in [-0.05, 0) is 56.3 Å². The number of sulfonamides is 1. The van der Waals surface area contributed by atoms with E-state index in [1.165, 1.54) is 16.4 Å². The van der Waals surface area contributed by atoms with Crippen LogP contribution < -0.4 is 14.8 Å². The van der Waals surface area contributed by atoms with Gasteiger partial charge in [-0.25, -0.2) is 8.42 Å². The van der Waals surface area contributed by atoms with Crippen LogP contribution in [0, 0.1) is 0 Å². The Morgan fingerprint density at radius 2 is 1.85 bits per heavy atom. The van der Waals surface area contributed by atoms with Crippen molar-refractivity contribution in [1.29, 1.82) is 0 Å². The van der Waals surface area contributed by atoms with Crippen LogP contribution in [0.5, 0.6) is 11.5 Å². The average Bonchev–Trinajstić information content (AvgIpc) is 2.81. The van der Waals surface area contributed by atoms with Crippen molar-refractivity contribution in [1.82, 2.24) is 4.31 Å². The van der Waals surface area contributed by atoms with E-state index in [1.807, 2.05) is 38.1 Å². The molecule has 1 saturated heterocycles. The van der Waals surface area contributed by atoms with Crippen LogP contribution in [0.25, 0.3) is 0 Å². The number of thioether (sulfide) groups is 1. The maximum Gasteiger partial charge on any atom is 0.243 e. The molecule has 1 heterocycles. The van der Waals surface area contributed by atoms with Gasteiger partial charge in [-0.15, -0.1) is 11.8 Å². The molecule has 180 valence electrons. The van der Waals surface area contributed by atoms with Gasteiger partial charge in [0, 0.05) is 30.2 Å². The molecule has 3 rings (SSSR count). The predicted molar refractivity (Wildman–Crippen MR) is 129 cm³/mol.